The van der Waals surface area contributed by atoms with Crippen LogP contribution in [0.1, 0.15) is 22.3 Å². The lowest BCUT2D eigenvalue weighted by molar-refractivity contribution is -0.110. The molecule has 1 aromatic heterocycles. The van der Waals surface area contributed by atoms with Gasteiger partial charge in [-0.2, -0.15) is 20.6 Å². The number of carbonyl (C=O) groups is 1. The highest BCUT2D eigenvalue weighted by Gasteiger charge is 2.24. The summed E-state index contributed by atoms with van der Waals surface area (Å²) in [4.78, 5) is 26.8. The summed E-state index contributed by atoms with van der Waals surface area (Å²) in [5.41, 5.74) is 2.20. The van der Waals surface area contributed by atoms with Crippen LogP contribution in [0.3, 0.4) is 0 Å². The Morgan fingerprint density at radius 2 is 1.91 bits per heavy atom. The first-order chi connectivity index (χ1) is 15.4. The third-order valence-electron chi connectivity index (χ3n) is 4.52. The first-order valence-electron chi connectivity index (χ1n) is 9.27. The van der Waals surface area contributed by atoms with Gasteiger partial charge in [0.05, 0.1) is 35.5 Å². The number of aryl methyl sites for hydroxylation is 1. The molecule has 10 nitrogen and oxygen atoms in total. The van der Waals surface area contributed by atoms with Crippen molar-refractivity contribution < 1.29 is 4.79 Å². The number of nitrogens with zero attached hydrogens (tertiary/aromatic N) is 7. The Hall–Kier alpha value is -5.01. The maximum Gasteiger partial charge on any atom is 0.277 e. The van der Waals surface area contributed by atoms with E-state index in [9.17, 15) is 15.3 Å². The average molecular weight is 423 g/mol. The minimum Gasteiger partial charge on any atom is -0.378 e. The molecule has 32 heavy (non-hydrogen) atoms. The molecule has 1 heterocycles. The van der Waals surface area contributed by atoms with E-state index in [1.807, 2.05) is 50.2 Å². The van der Waals surface area contributed by atoms with Gasteiger partial charge >= 0.3 is 0 Å². The van der Waals surface area contributed by atoms with Crippen molar-refractivity contribution in [2.45, 2.75) is 6.92 Å². The third-order valence-corrected chi connectivity index (χ3v) is 4.52. The molecular weight excluding hydrogens is 406 g/mol. The van der Waals surface area contributed by atoms with Gasteiger partial charge in [-0.15, -0.1) is 0 Å². The van der Waals surface area contributed by atoms with E-state index in [1.54, 1.807) is 6.07 Å². The number of nitrogens with one attached hydrogen (secondary N) is 2. The summed E-state index contributed by atoms with van der Waals surface area (Å²) in [7, 11) is 3.82. The molecule has 3 rings (SSSR count). The SMILES string of the molecule is [C-]#[N+]c1cc(C#N)c(C(=Nc2ccc(N(C)C)cc2C)C(=O)Nc2ncn[nH]2)c(C#N)c1. The van der Waals surface area contributed by atoms with E-state index in [1.165, 1.54) is 18.5 Å². The predicted molar refractivity (Wildman–Crippen MR) is 119 cm³/mol. The lowest BCUT2D eigenvalue weighted by Gasteiger charge is -2.15. The highest BCUT2D eigenvalue weighted by Crippen LogP contribution is 2.28. The van der Waals surface area contributed by atoms with E-state index in [4.69, 9.17) is 6.57 Å². The van der Waals surface area contributed by atoms with Crippen LogP contribution < -0.4 is 10.2 Å². The largest absolute Gasteiger partial charge is 0.378 e. The smallest absolute Gasteiger partial charge is 0.277 e. The molecule has 0 unspecified atom stereocenters. The molecule has 0 saturated carbocycles. The highest BCUT2D eigenvalue weighted by molar-refractivity contribution is 6.50. The van der Waals surface area contributed by atoms with E-state index in [0.717, 1.165) is 11.3 Å². The average Bonchev–Trinajstić information content (AvgIpc) is 3.30. The van der Waals surface area contributed by atoms with Gasteiger partial charge in [0, 0.05) is 25.3 Å². The number of carbonyl (C=O) groups excluding carboxylic acids is 1. The number of aliphatic imine (C=N–C) groups is 1. The van der Waals surface area contributed by atoms with Crippen LogP contribution in [0.4, 0.5) is 23.0 Å². The highest BCUT2D eigenvalue weighted by atomic mass is 16.2. The van der Waals surface area contributed by atoms with Crippen molar-refractivity contribution >= 4 is 34.6 Å². The van der Waals surface area contributed by atoms with Crippen molar-refractivity contribution in [3.63, 3.8) is 0 Å². The topological polar surface area (TPSA) is 138 Å². The van der Waals surface area contributed by atoms with Crippen molar-refractivity contribution in [2.75, 3.05) is 24.3 Å². The summed E-state index contributed by atoms with van der Waals surface area (Å²) in [5.74, 6) is -0.612. The van der Waals surface area contributed by atoms with Crippen LogP contribution in [0, 0.1) is 36.2 Å². The molecule has 0 aliphatic carbocycles. The first kappa shape index (κ1) is 21.7. The van der Waals surface area contributed by atoms with Gasteiger partial charge in [-0.3, -0.25) is 10.1 Å². The normalized spacial score (nSPS) is 10.6. The van der Waals surface area contributed by atoms with Gasteiger partial charge in [0.25, 0.3) is 5.91 Å². The zero-order valence-corrected chi connectivity index (χ0v) is 17.5. The minimum atomic E-state index is -0.693. The molecule has 1 amide bonds. The van der Waals surface area contributed by atoms with Crippen LogP contribution in [-0.2, 0) is 4.79 Å². The van der Waals surface area contributed by atoms with Crippen LogP contribution in [0.25, 0.3) is 4.85 Å². The summed E-state index contributed by atoms with van der Waals surface area (Å²) >= 11 is 0. The zero-order chi connectivity index (χ0) is 23.3. The second-order valence-electron chi connectivity index (χ2n) is 6.87. The molecule has 0 aliphatic heterocycles. The molecule has 2 aromatic carbocycles. The standard InChI is InChI=1S/C22H17N9O/c1-13-7-17(31(3)4)5-6-18(13)28-20(21(32)29-22-26-12-27-30-22)19-14(10-23)8-16(25-2)9-15(19)11-24/h5-9,12H,1,3-4H3,(H2,26,27,29,30,32). The van der Waals surface area contributed by atoms with E-state index in [0.29, 0.717) is 5.69 Å². The number of amides is 1. The molecule has 10 heteroatoms. The second-order valence-corrected chi connectivity index (χ2v) is 6.87. The van der Waals surface area contributed by atoms with Gasteiger partial charge in [0.2, 0.25) is 5.95 Å². The van der Waals surface area contributed by atoms with Gasteiger partial charge in [0.1, 0.15) is 12.0 Å². The number of hydrogen-bond donors (Lipinski definition) is 2. The Balaban J connectivity index is 2.25. The molecule has 0 fully saturated rings. The quantitative estimate of drug-likeness (QED) is 0.477. The number of aromatic amines is 1. The van der Waals surface area contributed by atoms with Crippen molar-refractivity contribution in [3.8, 4) is 12.1 Å². The number of anilines is 2. The molecule has 0 spiro atoms. The Kier molecular flexibility index (Phi) is 6.24. The fourth-order valence-corrected chi connectivity index (χ4v) is 2.94. The first-order valence-corrected chi connectivity index (χ1v) is 9.27. The maximum atomic E-state index is 13.2. The number of rotatable bonds is 5. The molecule has 0 aliphatic rings. The van der Waals surface area contributed by atoms with Crippen molar-refractivity contribution in [2.24, 2.45) is 4.99 Å². The fraction of sp³-hybridized carbons (Fsp3) is 0.136. The number of benzene rings is 2. The third kappa shape index (κ3) is 4.43. The van der Waals surface area contributed by atoms with Crippen LogP contribution in [0.15, 0.2) is 41.7 Å². The molecule has 0 radical (unpaired) electrons. The lowest BCUT2D eigenvalue weighted by Crippen LogP contribution is -2.26. The Labute approximate surface area is 184 Å². The summed E-state index contributed by atoms with van der Waals surface area (Å²) in [6.45, 7) is 9.06. The van der Waals surface area contributed by atoms with E-state index < -0.39 is 5.91 Å². The van der Waals surface area contributed by atoms with Gasteiger partial charge in [-0.05, 0) is 42.8 Å². The molecular formula is C22H17N9O. The van der Waals surface area contributed by atoms with Crippen molar-refractivity contribution in [3.05, 3.63) is 70.3 Å². The Morgan fingerprint density at radius 3 is 2.41 bits per heavy atom. The summed E-state index contributed by atoms with van der Waals surface area (Å²) in [5, 5.41) is 28.1. The number of aromatic nitrogens is 3. The van der Waals surface area contributed by atoms with Crippen LogP contribution in [-0.4, -0.2) is 40.9 Å². The summed E-state index contributed by atoms with van der Waals surface area (Å²) < 4.78 is 0. The lowest BCUT2D eigenvalue weighted by atomic mass is 9.96. The van der Waals surface area contributed by atoms with Crippen molar-refractivity contribution in [1.82, 2.24) is 15.2 Å². The zero-order valence-electron chi connectivity index (χ0n) is 17.5. The van der Waals surface area contributed by atoms with Gasteiger partial charge in [-0.25, -0.2) is 14.9 Å². The molecule has 3 aromatic rings. The monoisotopic (exact) mass is 423 g/mol. The van der Waals surface area contributed by atoms with E-state index >= 15 is 0 Å². The molecule has 0 atom stereocenters. The molecule has 2 N–H and O–H groups in total. The van der Waals surface area contributed by atoms with Gasteiger partial charge < -0.3 is 4.90 Å². The Morgan fingerprint density at radius 1 is 1.22 bits per heavy atom. The van der Waals surface area contributed by atoms with Gasteiger partial charge in [-0.1, -0.05) is 0 Å². The molecule has 0 bridgehead atoms. The number of hydrogen-bond acceptors (Lipinski definition) is 7. The number of H-pyrrole nitrogens is 1. The van der Waals surface area contributed by atoms with E-state index in [2.05, 4.69) is 30.3 Å². The molecule has 156 valence electrons. The summed E-state index contributed by atoms with van der Waals surface area (Å²) in [6, 6.07) is 12.1. The number of nitriles is 2. The van der Waals surface area contributed by atoms with E-state index in [-0.39, 0.29) is 34.0 Å². The maximum absolute atomic E-state index is 13.2. The second kappa shape index (κ2) is 9.21. The summed E-state index contributed by atoms with van der Waals surface area (Å²) in [6.07, 6.45) is 1.22. The minimum absolute atomic E-state index is 0.0101. The molecule has 0 saturated heterocycles. The Bertz CT molecular complexity index is 1300. The fourth-order valence-electron chi connectivity index (χ4n) is 2.94. The van der Waals surface area contributed by atoms with Crippen LogP contribution >= 0.6 is 0 Å². The predicted octanol–water partition coefficient (Wildman–Crippen LogP) is 3.23. The van der Waals surface area contributed by atoms with Gasteiger partial charge in [0.15, 0.2) is 5.69 Å². The van der Waals surface area contributed by atoms with Crippen molar-refractivity contribution in [1.29, 1.82) is 10.5 Å². The van der Waals surface area contributed by atoms with Crippen LogP contribution in [0.2, 0.25) is 0 Å². The van der Waals surface area contributed by atoms with Crippen LogP contribution in [0.5, 0.6) is 0 Å².